The lowest BCUT2D eigenvalue weighted by molar-refractivity contribution is 0.320. The van der Waals surface area contributed by atoms with Crippen molar-refractivity contribution in [3.8, 4) is 5.75 Å². The molecule has 0 aliphatic heterocycles. The Morgan fingerprint density at radius 1 is 1.29 bits per heavy atom. The minimum Gasteiger partial charge on any atom is -0.492 e. The topological polar surface area (TPSA) is 59.6 Å². The lowest BCUT2D eigenvalue weighted by Crippen LogP contribution is -2.35. The first-order valence-electron chi connectivity index (χ1n) is 7.38. The highest BCUT2D eigenvalue weighted by atomic mass is 127. The quantitative estimate of drug-likeness (QED) is 0.332. The second-order valence-corrected chi connectivity index (χ2v) is 5.62. The zero-order valence-electron chi connectivity index (χ0n) is 12.9. The maximum atomic E-state index is 5.81. The van der Waals surface area contributed by atoms with Gasteiger partial charge in [0.2, 0.25) is 0 Å². The smallest absolute Gasteiger partial charge is 0.188 e. The van der Waals surface area contributed by atoms with Gasteiger partial charge in [0.1, 0.15) is 12.4 Å². The molecule has 21 heavy (non-hydrogen) atoms. The summed E-state index contributed by atoms with van der Waals surface area (Å²) < 4.78 is 5.70. The fraction of sp³-hybridized carbons (Fsp3) is 0.562. The van der Waals surface area contributed by atoms with Gasteiger partial charge < -0.3 is 15.8 Å². The number of ether oxygens (including phenoxy) is 1. The lowest BCUT2D eigenvalue weighted by Gasteiger charge is -2.23. The van der Waals surface area contributed by atoms with Crippen LogP contribution >= 0.6 is 24.0 Å². The first kappa shape index (κ1) is 18.1. The minimum absolute atomic E-state index is 0. The van der Waals surface area contributed by atoms with Crippen LogP contribution < -0.4 is 15.8 Å². The maximum absolute atomic E-state index is 5.81. The van der Waals surface area contributed by atoms with Gasteiger partial charge in [-0.25, -0.2) is 0 Å². The molecule has 2 rings (SSSR count). The molecule has 0 saturated heterocycles. The standard InChI is InChI=1S/C16H25N3O.HI/c1-12-8-13(2)10-15(9-12)20-7-6-18-16(17)19-11-14-4-3-5-14;/h8-10,14H,3-7,11H2,1-2H3,(H3,17,18,19);1H. The van der Waals surface area contributed by atoms with Crippen LogP contribution in [0.15, 0.2) is 23.2 Å². The van der Waals surface area contributed by atoms with Crippen LogP contribution in [-0.2, 0) is 0 Å². The van der Waals surface area contributed by atoms with Gasteiger partial charge in [-0.3, -0.25) is 4.99 Å². The van der Waals surface area contributed by atoms with E-state index in [1.165, 1.54) is 30.4 Å². The Balaban J connectivity index is 0.00000220. The van der Waals surface area contributed by atoms with Crippen molar-refractivity contribution in [1.29, 1.82) is 0 Å². The molecule has 0 atom stereocenters. The first-order chi connectivity index (χ1) is 9.63. The maximum Gasteiger partial charge on any atom is 0.188 e. The van der Waals surface area contributed by atoms with Crippen molar-refractivity contribution in [2.45, 2.75) is 33.1 Å². The van der Waals surface area contributed by atoms with Crippen LogP contribution in [0.5, 0.6) is 5.75 Å². The summed E-state index contributed by atoms with van der Waals surface area (Å²) in [5, 5.41) is 3.09. The third kappa shape index (κ3) is 6.54. The molecule has 0 spiro atoms. The Labute approximate surface area is 144 Å². The first-order valence-corrected chi connectivity index (χ1v) is 7.38. The summed E-state index contributed by atoms with van der Waals surface area (Å²) in [5.74, 6) is 2.19. The SMILES string of the molecule is Cc1cc(C)cc(OCCNC(N)=NCC2CCC2)c1.I. The van der Waals surface area contributed by atoms with E-state index < -0.39 is 0 Å². The minimum atomic E-state index is 0. The van der Waals surface area contributed by atoms with Gasteiger partial charge in [0.05, 0.1) is 6.54 Å². The number of nitrogens with zero attached hydrogens (tertiary/aromatic N) is 1. The molecule has 118 valence electrons. The molecule has 0 radical (unpaired) electrons. The molecule has 0 unspecified atom stereocenters. The number of rotatable bonds is 6. The van der Waals surface area contributed by atoms with Crippen LogP contribution in [0.2, 0.25) is 0 Å². The summed E-state index contributed by atoms with van der Waals surface area (Å²) in [7, 11) is 0. The van der Waals surface area contributed by atoms with Crippen molar-refractivity contribution >= 4 is 29.9 Å². The van der Waals surface area contributed by atoms with Crippen LogP contribution in [0.1, 0.15) is 30.4 Å². The zero-order chi connectivity index (χ0) is 14.4. The fourth-order valence-electron chi connectivity index (χ4n) is 2.32. The molecule has 1 aromatic carbocycles. The Bertz CT molecular complexity index is 452. The molecule has 1 aromatic rings. The molecule has 1 saturated carbocycles. The molecule has 1 fully saturated rings. The summed E-state index contributed by atoms with van der Waals surface area (Å²) in [5.41, 5.74) is 8.25. The van der Waals surface area contributed by atoms with Crippen molar-refractivity contribution in [2.75, 3.05) is 19.7 Å². The van der Waals surface area contributed by atoms with E-state index in [9.17, 15) is 0 Å². The van der Waals surface area contributed by atoms with Gasteiger partial charge in [-0.2, -0.15) is 0 Å². The molecule has 1 aliphatic carbocycles. The number of benzene rings is 1. The molecular formula is C16H26IN3O. The number of hydrogen-bond acceptors (Lipinski definition) is 2. The van der Waals surface area contributed by atoms with Gasteiger partial charge in [-0.15, -0.1) is 24.0 Å². The Hall–Kier alpha value is -0.980. The van der Waals surface area contributed by atoms with E-state index in [0.717, 1.165) is 18.2 Å². The molecule has 0 amide bonds. The van der Waals surface area contributed by atoms with Gasteiger partial charge in [-0.05, 0) is 55.9 Å². The average Bonchev–Trinajstić information content (AvgIpc) is 2.31. The molecule has 4 nitrogen and oxygen atoms in total. The van der Waals surface area contributed by atoms with Crippen molar-refractivity contribution in [2.24, 2.45) is 16.6 Å². The van der Waals surface area contributed by atoms with Crippen LogP contribution in [0, 0.1) is 19.8 Å². The Morgan fingerprint density at radius 3 is 2.52 bits per heavy atom. The van der Waals surface area contributed by atoms with E-state index in [1.54, 1.807) is 0 Å². The number of hydrogen-bond donors (Lipinski definition) is 2. The summed E-state index contributed by atoms with van der Waals surface area (Å²) in [6, 6.07) is 6.22. The summed E-state index contributed by atoms with van der Waals surface area (Å²) in [4.78, 5) is 4.35. The highest BCUT2D eigenvalue weighted by molar-refractivity contribution is 14.0. The van der Waals surface area contributed by atoms with Crippen molar-refractivity contribution in [1.82, 2.24) is 5.32 Å². The summed E-state index contributed by atoms with van der Waals surface area (Å²) in [6.07, 6.45) is 3.94. The summed E-state index contributed by atoms with van der Waals surface area (Å²) >= 11 is 0. The van der Waals surface area contributed by atoms with E-state index in [4.69, 9.17) is 10.5 Å². The van der Waals surface area contributed by atoms with Crippen LogP contribution in [0.25, 0.3) is 0 Å². The molecule has 1 aliphatic rings. The van der Waals surface area contributed by atoms with Gasteiger partial charge in [0.25, 0.3) is 0 Å². The number of nitrogens with two attached hydrogens (primary N) is 1. The molecule has 0 heterocycles. The third-order valence-corrected chi connectivity index (χ3v) is 3.62. The molecular weight excluding hydrogens is 377 g/mol. The lowest BCUT2D eigenvalue weighted by atomic mass is 9.86. The predicted molar refractivity (Wildman–Crippen MR) is 98.7 cm³/mol. The van der Waals surface area contributed by atoms with Crippen LogP contribution in [0.3, 0.4) is 0 Å². The van der Waals surface area contributed by atoms with E-state index in [0.29, 0.717) is 19.1 Å². The Kier molecular flexibility index (Phi) is 7.85. The van der Waals surface area contributed by atoms with E-state index in [2.05, 4.69) is 30.2 Å². The zero-order valence-corrected chi connectivity index (χ0v) is 15.2. The number of halogens is 1. The van der Waals surface area contributed by atoms with E-state index >= 15 is 0 Å². The highest BCUT2D eigenvalue weighted by Gasteiger charge is 2.16. The molecule has 3 N–H and O–H groups in total. The van der Waals surface area contributed by atoms with Crippen LogP contribution in [0.4, 0.5) is 0 Å². The monoisotopic (exact) mass is 403 g/mol. The van der Waals surface area contributed by atoms with E-state index in [-0.39, 0.29) is 24.0 Å². The molecule has 5 heteroatoms. The van der Waals surface area contributed by atoms with Crippen molar-refractivity contribution in [3.63, 3.8) is 0 Å². The van der Waals surface area contributed by atoms with Crippen molar-refractivity contribution < 1.29 is 4.74 Å². The second kappa shape index (κ2) is 9.12. The number of aliphatic imine (C=N–C) groups is 1. The number of nitrogens with one attached hydrogen (secondary N) is 1. The van der Waals surface area contributed by atoms with E-state index in [1.807, 2.05) is 12.1 Å². The second-order valence-electron chi connectivity index (χ2n) is 5.62. The Morgan fingerprint density at radius 2 is 1.95 bits per heavy atom. The number of guanidine groups is 1. The fourth-order valence-corrected chi connectivity index (χ4v) is 2.32. The average molecular weight is 403 g/mol. The normalized spacial score (nSPS) is 15.0. The molecule has 0 aromatic heterocycles. The third-order valence-electron chi connectivity index (χ3n) is 3.62. The van der Waals surface area contributed by atoms with Gasteiger partial charge in [0, 0.05) is 6.54 Å². The number of aryl methyl sites for hydroxylation is 2. The van der Waals surface area contributed by atoms with Gasteiger partial charge in [0.15, 0.2) is 5.96 Å². The highest BCUT2D eigenvalue weighted by Crippen LogP contribution is 2.26. The van der Waals surface area contributed by atoms with Gasteiger partial charge in [-0.1, -0.05) is 12.5 Å². The predicted octanol–water partition coefficient (Wildman–Crippen LogP) is 3.00. The molecule has 0 bridgehead atoms. The van der Waals surface area contributed by atoms with Gasteiger partial charge >= 0.3 is 0 Å². The van der Waals surface area contributed by atoms with Crippen LogP contribution in [-0.4, -0.2) is 25.7 Å². The van der Waals surface area contributed by atoms with Crippen molar-refractivity contribution in [3.05, 3.63) is 29.3 Å². The largest absolute Gasteiger partial charge is 0.492 e. The summed E-state index contributed by atoms with van der Waals surface area (Å²) in [6.45, 7) is 6.26.